The normalized spacial score (nSPS) is 15.7. The number of fused-ring (bicyclic) bond motifs is 1. The minimum Gasteiger partial charge on any atom is -0.493 e. The van der Waals surface area contributed by atoms with Crippen LogP contribution in [-0.2, 0) is 9.59 Å². The Morgan fingerprint density at radius 3 is 2.74 bits per heavy atom. The van der Waals surface area contributed by atoms with E-state index in [-0.39, 0.29) is 18.2 Å². The zero-order valence-electron chi connectivity index (χ0n) is 15.6. The van der Waals surface area contributed by atoms with Gasteiger partial charge in [0.1, 0.15) is 11.5 Å². The summed E-state index contributed by atoms with van der Waals surface area (Å²) in [4.78, 5) is 26.2. The molecule has 6 heteroatoms. The van der Waals surface area contributed by atoms with E-state index in [0.717, 1.165) is 17.9 Å². The second kappa shape index (κ2) is 8.58. The summed E-state index contributed by atoms with van der Waals surface area (Å²) in [5.74, 6) is 1.16. The number of hydrogen-bond acceptors (Lipinski definition) is 4. The monoisotopic (exact) mass is 368 g/mol. The molecule has 0 aliphatic carbocycles. The molecule has 0 bridgehead atoms. The van der Waals surface area contributed by atoms with Gasteiger partial charge in [0, 0.05) is 18.3 Å². The minimum absolute atomic E-state index is 0.0424. The van der Waals surface area contributed by atoms with E-state index < -0.39 is 6.10 Å². The van der Waals surface area contributed by atoms with Crippen molar-refractivity contribution in [3.05, 3.63) is 48.5 Å². The van der Waals surface area contributed by atoms with Crippen LogP contribution in [0.4, 0.5) is 11.4 Å². The van der Waals surface area contributed by atoms with Crippen LogP contribution in [0.1, 0.15) is 26.7 Å². The summed E-state index contributed by atoms with van der Waals surface area (Å²) in [5.41, 5.74) is 1.38. The Morgan fingerprint density at radius 2 is 2.00 bits per heavy atom. The summed E-state index contributed by atoms with van der Waals surface area (Å²) in [6.45, 7) is 4.70. The highest BCUT2D eigenvalue weighted by Crippen LogP contribution is 2.36. The third kappa shape index (κ3) is 4.58. The van der Waals surface area contributed by atoms with Crippen molar-refractivity contribution >= 4 is 23.2 Å². The van der Waals surface area contributed by atoms with E-state index in [1.54, 1.807) is 24.0 Å². The number of carbonyl (C=O) groups is 2. The molecule has 0 fully saturated rings. The van der Waals surface area contributed by atoms with Crippen molar-refractivity contribution in [2.45, 2.75) is 32.8 Å². The first kappa shape index (κ1) is 18.8. The van der Waals surface area contributed by atoms with Crippen molar-refractivity contribution in [3.8, 4) is 11.5 Å². The van der Waals surface area contributed by atoms with E-state index in [9.17, 15) is 9.59 Å². The molecule has 0 saturated heterocycles. The van der Waals surface area contributed by atoms with Gasteiger partial charge in [-0.15, -0.1) is 0 Å². The van der Waals surface area contributed by atoms with Crippen LogP contribution in [0.15, 0.2) is 48.5 Å². The number of nitrogens with zero attached hydrogens (tertiary/aromatic N) is 1. The number of benzene rings is 2. The molecule has 1 heterocycles. The van der Waals surface area contributed by atoms with Gasteiger partial charge in [-0.05, 0) is 37.6 Å². The zero-order valence-corrected chi connectivity index (χ0v) is 15.6. The summed E-state index contributed by atoms with van der Waals surface area (Å²) in [6.07, 6.45) is 0.566. The van der Waals surface area contributed by atoms with E-state index in [4.69, 9.17) is 9.47 Å². The molecular formula is C21H24N2O4. The van der Waals surface area contributed by atoms with Gasteiger partial charge in [0.25, 0.3) is 5.91 Å². The molecule has 0 aromatic heterocycles. The molecule has 6 nitrogen and oxygen atoms in total. The molecule has 1 aliphatic heterocycles. The molecular weight excluding hydrogens is 344 g/mol. The third-order valence-corrected chi connectivity index (χ3v) is 4.24. The predicted molar refractivity (Wildman–Crippen MR) is 104 cm³/mol. The minimum atomic E-state index is -0.533. The second-order valence-electron chi connectivity index (χ2n) is 6.39. The van der Waals surface area contributed by atoms with Gasteiger partial charge in [-0.1, -0.05) is 25.1 Å². The van der Waals surface area contributed by atoms with Crippen molar-refractivity contribution in [1.82, 2.24) is 0 Å². The first-order valence-corrected chi connectivity index (χ1v) is 9.18. The molecule has 2 aromatic carbocycles. The highest BCUT2D eigenvalue weighted by Gasteiger charge is 2.31. The fraction of sp³-hybridized carbons (Fsp3) is 0.333. The van der Waals surface area contributed by atoms with E-state index >= 15 is 0 Å². The number of amides is 2. The molecule has 142 valence electrons. The van der Waals surface area contributed by atoms with E-state index in [2.05, 4.69) is 5.32 Å². The van der Waals surface area contributed by atoms with Crippen LogP contribution < -0.4 is 19.7 Å². The van der Waals surface area contributed by atoms with Gasteiger partial charge in [0.05, 0.1) is 18.7 Å². The van der Waals surface area contributed by atoms with Gasteiger partial charge in [0.2, 0.25) is 5.91 Å². The smallest absolute Gasteiger partial charge is 0.267 e. The summed E-state index contributed by atoms with van der Waals surface area (Å²) in [7, 11) is 0. The molecule has 1 atom stereocenters. The summed E-state index contributed by atoms with van der Waals surface area (Å²) in [5, 5.41) is 2.85. The van der Waals surface area contributed by atoms with Crippen molar-refractivity contribution < 1.29 is 19.1 Å². The average Bonchev–Trinajstić information content (AvgIpc) is 2.66. The topological polar surface area (TPSA) is 67.9 Å². The molecule has 2 amide bonds. The van der Waals surface area contributed by atoms with E-state index in [0.29, 0.717) is 24.6 Å². The van der Waals surface area contributed by atoms with Gasteiger partial charge in [-0.2, -0.15) is 0 Å². The standard InChI is InChI=1S/C21H24N2O4/c1-3-12-23-18-10-9-16(14-19(18)27-15(2)21(23)25)22-20(24)11-13-26-17-7-5-4-6-8-17/h4-10,14-15H,3,11-13H2,1-2H3,(H,22,24). The molecule has 1 unspecified atom stereocenters. The van der Waals surface area contributed by atoms with Crippen molar-refractivity contribution in [1.29, 1.82) is 0 Å². The molecule has 27 heavy (non-hydrogen) atoms. The van der Waals surface area contributed by atoms with Gasteiger partial charge in [-0.3, -0.25) is 9.59 Å². The number of carbonyl (C=O) groups excluding carboxylic acids is 2. The van der Waals surface area contributed by atoms with Crippen molar-refractivity contribution in [2.75, 3.05) is 23.4 Å². The number of ether oxygens (including phenoxy) is 2. The lowest BCUT2D eigenvalue weighted by Crippen LogP contribution is -2.44. The number of hydrogen-bond donors (Lipinski definition) is 1. The molecule has 0 radical (unpaired) electrons. The molecule has 2 aromatic rings. The fourth-order valence-corrected chi connectivity index (χ4v) is 2.94. The Kier molecular flexibility index (Phi) is 5.96. The lowest BCUT2D eigenvalue weighted by Gasteiger charge is -2.33. The number of para-hydroxylation sites is 1. The summed E-state index contributed by atoms with van der Waals surface area (Å²) >= 11 is 0. The zero-order chi connectivity index (χ0) is 19.2. The summed E-state index contributed by atoms with van der Waals surface area (Å²) < 4.78 is 11.3. The predicted octanol–water partition coefficient (Wildman–Crippen LogP) is 3.62. The molecule has 0 spiro atoms. The van der Waals surface area contributed by atoms with Crippen LogP contribution in [-0.4, -0.2) is 31.1 Å². The van der Waals surface area contributed by atoms with E-state index in [1.165, 1.54) is 0 Å². The highest BCUT2D eigenvalue weighted by atomic mass is 16.5. The van der Waals surface area contributed by atoms with E-state index in [1.807, 2.05) is 43.3 Å². The van der Waals surface area contributed by atoms with Gasteiger partial charge >= 0.3 is 0 Å². The van der Waals surface area contributed by atoms with Crippen molar-refractivity contribution in [2.24, 2.45) is 0 Å². The quantitative estimate of drug-likeness (QED) is 0.811. The lowest BCUT2D eigenvalue weighted by molar-refractivity contribution is -0.125. The first-order chi connectivity index (χ1) is 13.1. The average molecular weight is 368 g/mol. The highest BCUT2D eigenvalue weighted by molar-refractivity contribution is 6.00. The maximum atomic E-state index is 12.3. The van der Waals surface area contributed by atoms with Crippen LogP contribution in [0.3, 0.4) is 0 Å². The lowest BCUT2D eigenvalue weighted by atomic mass is 10.1. The number of rotatable bonds is 7. The van der Waals surface area contributed by atoms with Crippen molar-refractivity contribution in [3.63, 3.8) is 0 Å². The molecule has 1 N–H and O–H groups in total. The van der Waals surface area contributed by atoms with Gasteiger partial charge in [0.15, 0.2) is 6.10 Å². The second-order valence-corrected chi connectivity index (χ2v) is 6.39. The number of anilines is 2. The molecule has 0 saturated carbocycles. The van der Waals surface area contributed by atoms with Crippen LogP contribution in [0.5, 0.6) is 11.5 Å². The van der Waals surface area contributed by atoms with Crippen LogP contribution in [0.25, 0.3) is 0 Å². The number of nitrogens with one attached hydrogen (secondary N) is 1. The summed E-state index contributed by atoms with van der Waals surface area (Å²) in [6, 6.07) is 14.7. The SMILES string of the molecule is CCCN1C(=O)C(C)Oc2cc(NC(=O)CCOc3ccccc3)ccc21. The molecule has 3 rings (SSSR count). The fourth-order valence-electron chi connectivity index (χ4n) is 2.94. The Bertz CT molecular complexity index is 807. The Morgan fingerprint density at radius 1 is 1.22 bits per heavy atom. The maximum absolute atomic E-state index is 12.3. The maximum Gasteiger partial charge on any atom is 0.267 e. The Balaban J connectivity index is 1.60. The van der Waals surface area contributed by atoms with Gasteiger partial charge < -0.3 is 19.7 Å². The van der Waals surface area contributed by atoms with Crippen LogP contribution in [0, 0.1) is 0 Å². The Hall–Kier alpha value is -3.02. The Labute approximate surface area is 159 Å². The largest absolute Gasteiger partial charge is 0.493 e. The molecule has 1 aliphatic rings. The van der Waals surface area contributed by atoms with Crippen LogP contribution in [0.2, 0.25) is 0 Å². The van der Waals surface area contributed by atoms with Gasteiger partial charge in [-0.25, -0.2) is 0 Å². The first-order valence-electron chi connectivity index (χ1n) is 9.18. The van der Waals surface area contributed by atoms with Crippen LogP contribution >= 0.6 is 0 Å². The third-order valence-electron chi connectivity index (χ3n) is 4.24.